The highest BCUT2D eigenvalue weighted by Gasteiger charge is 2.13. The van der Waals surface area contributed by atoms with Crippen molar-refractivity contribution in [1.29, 1.82) is 0 Å². The van der Waals surface area contributed by atoms with E-state index in [1.807, 2.05) is 37.3 Å². The Labute approximate surface area is 118 Å². The summed E-state index contributed by atoms with van der Waals surface area (Å²) in [6.45, 7) is 2.15. The number of nitrogens with one attached hydrogen (secondary N) is 1. The largest absolute Gasteiger partial charge is 0.361 e. The molecule has 0 saturated carbocycles. The average Bonchev–Trinajstić information content (AvgIpc) is 2.89. The Bertz CT molecular complexity index is 551. The third-order valence-corrected chi connectivity index (χ3v) is 3.04. The van der Waals surface area contributed by atoms with E-state index in [9.17, 15) is 4.79 Å². The van der Waals surface area contributed by atoms with Crippen LogP contribution in [0.4, 0.5) is 0 Å². The number of aryl methyl sites for hydroxylation is 2. The Balaban J connectivity index is 1.74. The normalized spacial score (nSPS) is 12.1. The van der Waals surface area contributed by atoms with E-state index in [0.29, 0.717) is 18.7 Å². The predicted octanol–water partition coefficient (Wildman–Crippen LogP) is 1.56. The summed E-state index contributed by atoms with van der Waals surface area (Å²) in [5.74, 6) is 0.559. The van der Waals surface area contributed by atoms with Gasteiger partial charge in [0.25, 0.3) is 0 Å². The van der Waals surface area contributed by atoms with E-state index >= 15 is 0 Å². The van der Waals surface area contributed by atoms with Crippen LogP contribution in [0.25, 0.3) is 0 Å². The molecule has 1 atom stereocenters. The highest BCUT2D eigenvalue weighted by molar-refractivity contribution is 5.81. The van der Waals surface area contributed by atoms with Crippen LogP contribution in [0.15, 0.2) is 40.9 Å². The standard InChI is InChI=1S/C15H19N3O2/c1-11-9-13(18-20-11)10-17-15(19)14(16)8-7-12-5-3-2-4-6-12/h2-6,9,14H,7-8,10,16H2,1H3,(H,17,19)/t14-/m0/s1. The molecule has 0 aliphatic rings. The van der Waals surface area contributed by atoms with Crippen molar-refractivity contribution in [1.82, 2.24) is 10.5 Å². The summed E-state index contributed by atoms with van der Waals surface area (Å²) < 4.78 is 4.93. The maximum Gasteiger partial charge on any atom is 0.237 e. The van der Waals surface area contributed by atoms with Crippen LogP contribution in [0.3, 0.4) is 0 Å². The molecule has 0 radical (unpaired) electrons. The Morgan fingerprint density at radius 2 is 2.15 bits per heavy atom. The van der Waals surface area contributed by atoms with Crippen LogP contribution in [0.5, 0.6) is 0 Å². The van der Waals surface area contributed by atoms with Gasteiger partial charge in [-0.2, -0.15) is 0 Å². The number of nitrogens with two attached hydrogens (primary N) is 1. The number of amides is 1. The first-order valence-corrected chi connectivity index (χ1v) is 6.64. The van der Waals surface area contributed by atoms with Crippen LogP contribution in [0, 0.1) is 6.92 Å². The topological polar surface area (TPSA) is 81.2 Å². The Morgan fingerprint density at radius 1 is 1.40 bits per heavy atom. The first-order chi connectivity index (χ1) is 9.65. The van der Waals surface area contributed by atoms with Gasteiger partial charge in [-0.15, -0.1) is 0 Å². The Morgan fingerprint density at radius 3 is 2.80 bits per heavy atom. The lowest BCUT2D eigenvalue weighted by Crippen LogP contribution is -2.40. The second-order valence-electron chi connectivity index (χ2n) is 4.78. The number of benzene rings is 1. The minimum absolute atomic E-state index is 0.165. The van der Waals surface area contributed by atoms with Gasteiger partial charge in [0, 0.05) is 6.07 Å². The molecular weight excluding hydrogens is 254 g/mol. The van der Waals surface area contributed by atoms with E-state index in [1.54, 1.807) is 6.07 Å². The van der Waals surface area contributed by atoms with E-state index < -0.39 is 6.04 Å². The summed E-state index contributed by atoms with van der Waals surface area (Å²) in [5, 5.41) is 6.57. The summed E-state index contributed by atoms with van der Waals surface area (Å²) in [6.07, 6.45) is 1.41. The fourth-order valence-electron chi connectivity index (χ4n) is 1.91. The van der Waals surface area contributed by atoms with Crippen molar-refractivity contribution in [3.05, 3.63) is 53.4 Å². The maximum atomic E-state index is 11.8. The molecule has 2 aromatic rings. The lowest BCUT2D eigenvalue weighted by Gasteiger charge is -2.11. The lowest BCUT2D eigenvalue weighted by molar-refractivity contribution is -0.122. The number of carbonyl (C=O) groups is 1. The fraction of sp³-hybridized carbons (Fsp3) is 0.333. The van der Waals surface area contributed by atoms with E-state index in [0.717, 1.165) is 12.2 Å². The van der Waals surface area contributed by atoms with Crippen molar-refractivity contribution in [2.75, 3.05) is 0 Å². The highest BCUT2D eigenvalue weighted by atomic mass is 16.5. The van der Waals surface area contributed by atoms with Crippen molar-refractivity contribution in [3.63, 3.8) is 0 Å². The third kappa shape index (κ3) is 4.20. The van der Waals surface area contributed by atoms with Gasteiger partial charge in [-0.1, -0.05) is 35.5 Å². The molecule has 106 valence electrons. The lowest BCUT2D eigenvalue weighted by atomic mass is 10.1. The molecule has 0 saturated heterocycles. The van der Waals surface area contributed by atoms with Crippen molar-refractivity contribution >= 4 is 5.91 Å². The molecule has 1 aromatic heterocycles. The second-order valence-corrected chi connectivity index (χ2v) is 4.78. The zero-order chi connectivity index (χ0) is 14.4. The molecule has 1 heterocycles. The van der Waals surface area contributed by atoms with Gasteiger partial charge in [0.15, 0.2) is 0 Å². The smallest absolute Gasteiger partial charge is 0.237 e. The number of carbonyl (C=O) groups excluding carboxylic acids is 1. The van der Waals surface area contributed by atoms with E-state index in [4.69, 9.17) is 10.3 Å². The third-order valence-electron chi connectivity index (χ3n) is 3.04. The van der Waals surface area contributed by atoms with Crippen molar-refractivity contribution in [3.8, 4) is 0 Å². The molecule has 5 heteroatoms. The molecule has 2 rings (SSSR count). The maximum absolute atomic E-state index is 11.8. The van der Waals surface area contributed by atoms with Crippen LogP contribution in [-0.4, -0.2) is 17.1 Å². The van der Waals surface area contributed by atoms with Crippen LogP contribution in [-0.2, 0) is 17.8 Å². The quantitative estimate of drug-likeness (QED) is 0.837. The summed E-state index contributed by atoms with van der Waals surface area (Å²) in [7, 11) is 0. The number of aromatic nitrogens is 1. The zero-order valence-electron chi connectivity index (χ0n) is 11.5. The highest BCUT2D eigenvalue weighted by Crippen LogP contribution is 2.05. The van der Waals surface area contributed by atoms with Gasteiger partial charge in [0.1, 0.15) is 11.5 Å². The first-order valence-electron chi connectivity index (χ1n) is 6.64. The zero-order valence-corrected chi connectivity index (χ0v) is 11.5. The van der Waals surface area contributed by atoms with Crippen molar-refractivity contribution in [2.45, 2.75) is 32.4 Å². The van der Waals surface area contributed by atoms with Crippen molar-refractivity contribution in [2.24, 2.45) is 5.73 Å². The van der Waals surface area contributed by atoms with Gasteiger partial charge in [-0.05, 0) is 25.3 Å². The van der Waals surface area contributed by atoms with Gasteiger partial charge in [0.05, 0.1) is 12.6 Å². The summed E-state index contributed by atoms with van der Waals surface area (Å²) in [6, 6.07) is 11.3. The second kappa shape index (κ2) is 6.86. The van der Waals surface area contributed by atoms with Gasteiger partial charge >= 0.3 is 0 Å². The van der Waals surface area contributed by atoms with Crippen LogP contribution in [0.1, 0.15) is 23.4 Å². The number of hydrogen-bond donors (Lipinski definition) is 2. The molecule has 3 N–H and O–H groups in total. The summed E-state index contributed by atoms with van der Waals surface area (Å²) in [5.41, 5.74) is 7.76. The molecule has 20 heavy (non-hydrogen) atoms. The molecular formula is C15H19N3O2. The van der Waals surface area contributed by atoms with Gasteiger partial charge in [-0.25, -0.2) is 0 Å². The molecule has 0 unspecified atom stereocenters. The molecule has 0 aliphatic heterocycles. The van der Waals surface area contributed by atoms with Gasteiger partial charge in [0.2, 0.25) is 5.91 Å². The van der Waals surface area contributed by atoms with Crippen LogP contribution >= 0.6 is 0 Å². The molecule has 0 bridgehead atoms. The van der Waals surface area contributed by atoms with Crippen LogP contribution in [0.2, 0.25) is 0 Å². The minimum atomic E-state index is -0.511. The van der Waals surface area contributed by atoms with Gasteiger partial charge in [-0.3, -0.25) is 4.79 Å². The van der Waals surface area contributed by atoms with E-state index in [1.165, 1.54) is 5.56 Å². The van der Waals surface area contributed by atoms with E-state index in [-0.39, 0.29) is 5.91 Å². The van der Waals surface area contributed by atoms with E-state index in [2.05, 4.69) is 10.5 Å². The Hall–Kier alpha value is -2.14. The van der Waals surface area contributed by atoms with Crippen LogP contribution < -0.4 is 11.1 Å². The number of nitrogens with zero attached hydrogens (tertiary/aromatic N) is 1. The Kier molecular flexibility index (Phi) is 4.90. The first kappa shape index (κ1) is 14.3. The average molecular weight is 273 g/mol. The molecule has 1 aromatic carbocycles. The minimum Gasteiger partial charge on any atom is -0.361 e. The molecule has 5 nitrogen and oxygen atoms in total. The van der Waals surface area contributed by atoms with Crippen molar-refractivity contribution < 1.29 is 9.32 Å². The molecule has 0 aliphatic carbocycles. The predicted molar refractivity (Wildman–Crippen MR) is 75.8 cm³/mol. The molecule has 0 fully saturated rings. The van der Waals surface area contributed by atoms with Gasteiger partial charge < -0.3 is 15.6 Å². The molecule has 0 spiro atoms. The fourth-order valence-corrected chi connectivity index (χ4v) is 1.91. The summed E-state index contributed by atoms with van der Waals surface area (Å²) >= 11 is 0. The monoisotopic (exact) mass is 273 g/mol. The molecule has 1 amide bonds. The SMILES string of the molecule is Cc1cc(CNC(=O)[C@@H](N)CCc2ccccc2)no1. The summed E-state index contributed by atoms with van der Waals surface area (Å²) in [4.78, 5) is 11.8. The number of rotatable bonds is 6. The number of hydrogen-bond acceptors (Lipinski definition) is 4.